The van der Waals surface area contributed by atoms with Crippen LogP contribution in [0.4, 0.5) is 0 Å². The number of rotatable bonds is 8. The average molecular weight is 490 g/mol. The maximum Gasteiger partial charge on any atom is 0.245 e. The number of likely N-dealkylation sites (tertiary alicyclic amines) is 1. The number of carbonyl (C=O) groups is 2. The Kier molecular flexibility index (Phi) is 8.14. The minimum atomic E-state index is -3.83. The average Bonchev–Trinajstić information content (AvgIpc) is 3.30. The topological polar surface area (TPSA) is 96.0 Å². The van der Waals surface area contributed by atoms with Gasteiger partial charge in [-0.05, 0) is 37.0 Å². The van der Waals surface area contributed by atoms with E-state index in [0.29, 0.717) is 54.9 Å². The highest BCUT2D eigenvalue weighted by atomic mass is 35.5. The molecule has 0 bridgehead atoms. The lowest BCUT2D eigenvalue weighted by Gasteiger charge is -2.35. The van der Waals surface area contributed by atoms with Gasteiger partial charge in [-0.3, -0.25) is 9.59 Å². The number of amides is 2. The largest absolute Gasteiger partial charge is 0.378 e. The van der Waals surface area contributed by atoms with Gasteiger partial charge in [-0.2, -0.15) is 4.72 Å². The minimum absolute atomic E-state index is 0.0941. The van der Waals surface area contributed by atoms with Crippen molar-refractivity contribution < 1.29 is 22.7 Å². The van der Waals surface area contributed by atoms with E-state index >= 15 is 0 Å². The number of morpholine rings is 1. The van der Waals surface area contributed by atoms with E-state index in [0.717, 1.165) is 5.41 Å². The van der Waals surface area contributed by atoms with E-state index < -0.39 is 22.1 Å². The Balaban J connectivity index is 1.68. The summed E-state index contributed by atoms with van der Waals surface area (Å²) in [6.07, 6.45) is 2.29. The van der Waals surface area contributed by atoms with Gasteiger partial charge in [0.05, 0.1) is 17.6 Å². The first-order valence-corrected chi connectivity index (χ1v) is 13.0. The number of hydrogen-bond donors (Lipinski definition) is 1. The van der Waals surface area contributed by atoms with Crippen LogP contribution in [-0.4, -0.2) is 75.0 Å². The van der Waals surface area contributed by atoms with E-state index in [2.05, 4.69) is 4.72 Å². The molecule has 8 nitrogen and oxygen atoms in total. The third-order valence-electron chi connectivity index (χ3n) is 5.23. The molecule has 11 heteroatoms. The standard InChI is InChI=1S/C20H28ClN3O5S2/c1-14(2)13-17(20(26)23-8-10-29-11-9-23)24-7-5-16(19(24)25)22-31(27,28)12-6-15-3-4-18(21)30-15/h3-4,6,12,14,16-17,22H,5,7-11,13H2,1-2H3/t16-,17-/m0/s1. The van der Waals surface area contributed by atoms with Crippen LogP contribution in [0.1, 0.15) is 31.6 Å². The fourth-order valence-electron chi connectivity index (χ4n) is 3.74. The number of nitrogens with one attached hydrogen (secondary N) is 1. The molecule has 2 atom stereocenters. The van der Waals surface area contributed by atoms with Gasteiger partial charge in [0.2, 0.25) is 21.8 Å². The summed E-state index contributed by atoms with van der Waals surface area (Å²) in [6, 6.07) is 1.93. The molecule has 0 aromatic carbocycles. The van der Waals surface area contributed by atoms with Crippen LogP contribution in [0.2, 0.25) is 4.34 Å². The van der Waals surface area contributed by atoms with Gasteiger partial charge in [-0.25, -0.2) is 8.42 Å². The first-order valence-electron chi connectivity index (χ1n) is 10.3. The normalized spacial score (nSPS) is 21.4. The molecule has 1 aromatic rings. The number of hydrogen-bond acceptors (Lipinski definition) is 6. The zero-order valence-electron chi connectivity index (χ0n) is 17.6. The van der Waals surface area contributed by atoms with Crippen molar-refractivity contribution in [1.82, 2.24) is 14.5 Å². The number of carbonyl (C=O) groups excluding carboxylic acids is 2. The molecule has 2 aliphatic rings. The molecular formula is C20H28ClN3O5S2. The highest BCUT2D eigenvalue weighted by molar-refractivity contribution is 7.92. The van der Waals surface area contributed by atoms with Crippen molar-refractivity contribution in [3.8, 4) is 0 Å². The van der Waals surface area contributed by atoms with Crippen LogP contribution in [0.15, 0.2) is 17.5 Å². The van der Waals surface area contributed by atoms with Crippen LogP contribution in [0.3, 0.4) is 0 Å². The monoisotopic (exact) mass is 489 g/mol. The Morgan fingerprint density at radius 3 is 2.65 bits per heavy atom. The van der Waals surface area contributed by atoms with Gasteiger partial charge in [0.25, 0.3) is 0 Å². The number of nitrogens with zero attached hydrogens (tertiary/aromatic N) is 2. The molecule has 1 N–H and O–H groups in total. The molecule has 2 fully saturated rings. The first-order chi connectivity index (χ1) is 14.7. The third-order valence-corrected chi connectivity index (χ3v) is 7.53. The van der Waals surface area contributed by atoms with E-state index in [1.165, 1.54) is 22.3 Å². The summed E-state index contributed by atoms with van der Waals surface area (Å²) in [5.41, 5.74) is 0. The number of ether oxygens (including phenoxy) is 1. The fourth-order valence-corrected chi connectivity index (χ4v) is 5.80. The lowest BCUT2D eigenvalue weighted by atomic mass is 10.0. The lowest BCUT2D eigenvalue weighted by molar-refractivity contribution is -0.147. The molecule has 31 heavy (non-hydrogen) atoms. The Morgan fingerprint density at radius 1 is 1.32 bits per heavy atom. The molecule has 0 saturated carbocycles. The summed E-state index contributed by atoms with van der Waals surface area (Å²) < 4.78 is 33.3. The smallest absolute Gasteiger partial charge is 0.245 e. The number of thiophene rings is 1. The van der Waals surface area contributed by atoms with Crippen LogP contribution in [0.5, 0.6) is 0 Å². The van der Waals surface area contributed by atoms with Gasteiger partial charge in [0.1, 0.15) is 12.1 Å². The van der Waals surface area contributed by atoms with Crippen molar-refractivity contribution in [1.29, 1.82) is 0 Å². The summed E-state index contributed by atoms with van der Waals surface area (Å²) in [6.45, 7) is 6.32. The van der Waals surface area contributed by atoms with Crippen molar-refractivity contribution in [2.75, 3.05) is 32.8 Å². The zero-order valence-corrected chi connectivity index (χ0v) is 20.0. The predicted octanol–water partition coefficient (Wildman–Crippen LogP) is 2.17. The summed E-state index contributed by atoms with van der Waals surface area (Å²) in [4.78, 5) is 30.1. The van der Waals surface area contributed by atoms with Crippen LogP contribution in [0, 0.1) is 5.92 Å². The van der Waals surface area contributed by atoms with Gasteiger partial charge in [-0.1, -0.05) is 25.4 Å². The summed E-state index contributed by atoms with van der Waals surface area (Å²) in [5, 5.41) is 1.04. The molecule has 3 rings (SSSR count). The van der Waals surface area contributed by atoms with E-state index in [4.69, 9.17) is 16.3 Å². The van der Waals surface area contributed by atoms with Crippen LogP contribution >= 0.6 is 22.9 Å². The van der Waals surface area contributed by atoms with E-state index in [-0.39, 0.29) is 17.7 Å². The van der Waals surface area contributed by atoms with Crippen molar-refractivity contribution in [3.05, 3.63) is 26.8 Å². The zero-order chi connectivity index (χ0) is 22.6. The van der Waals surface area contributed by atoms with Crippen LogP contribution in [0.25, 0.3) is 6.08 Å². The molecule has 0 aliphatic carbocycles. The highest BCUT2D eigenvalue weighted by Crippen LogP contribution is 2.24. The maximum absolute atomic E-state index is 13.1. The molecular weight excluding hydrogens is 462 g/mol. The maximum atomic E-state index is 13.1. The molecule has 3 heterocycles. The summed E-state index contributed by atoms with van der Waals surface area (Å²) >= 11 is 7.12. The Bertz CT molecular complexity index is 925. The van der Waals surface area contributed by atoms with E-state index in [1.807, 2.05) is 13.8 Å². The molecule has 2 aliphatic heterocycles. The van der Waals surface area contributed by atoms with Crippen molar-refractivity contribution >= 4 is 50.9 Å². The van der Waals surface area contributed by atoms with Crippen molar-refractivity contribution in [2.24, 2.45) is 5.92 Å². The Morgan fingerprint density at radius 2 is 2.03 bits per heavy atom. The van der Waals surface area contributed by atoms with Crippen LogP contribution < -0.4 is 4.72 Å². The number of sulfonamides is 1. The number of halogens is 1. The fraction of sp³-hybridized carbons (Fsp3) is 0.600. The first kappa shape index (κ1) is 24.2. The van der Waals surface area contributed by atoms with Gasteiger partial charge >= 0.3 is 0 Å². The second-order valence-corrected chi connectivity index (χ2v) is 11.4. The summed E-state index contributed by atoms with van der Waals surface area (Å²) in [7, 11) is -3.83. The van der Waals surface area contributed by atoms with Crippen molar-refractivity contribution in [3.63, 3.8) is 0 Å². The lowest BCUT2D eigenvalue weighted by Crippen LogP contribution is -2.54. The molecule has 2 saturated heterocycles. The molecule has 1 aromatic heterocycles. The van der Waals surface area contributed by atoms with Crippen molar-refractivity contribution in [2.45, 2.75) is 38.8 Å². The molecule has 0 radical (unpaired) electrons. The molecule has 172 valence electrons. The second-order valence-electron chi connectivity index (χ2n) is 8.06. The van der Waals surface area contributed by atoms with Gasteiger partial charge in [-0.15, -0.1) is 11.3 Å². The third kappa shape index (κ3) is 6.52. The highest BCUT2D eigenvalue weighted by Gasteiger charge is 2.41. The van der Waals surface area contributed by atoms with Gasteiger partial charge < -0.3 is 14.5 Å². The van der Waals surface area contributed by atoms with E-state index in [1.54, 1.807) is 17.0 Å². The SMILES string of the molecule is CC(C)C[C@@H](C(=O)N1CCOCC1)N1CC[C@H](NS(=O)(=O)C=Cc2ccc(Cl)s2)C1=O. The van der Waals surface area contributed by atoms with Crippen LogP contribution in [-0.2, 0) is 24.3 Å². The Labute approximate surface area is 192 Å². The molecule has 0 spiro atoms. The Hall–Kier alpha value is -1.46. The molecule has 2 amide bonds. The quantitative estimate of drug-likeness (QED) is 0.603. The predicted molar refractivity (Wildman–Crippen MR) is 121 cm³/mol. The second kappa shape index (κ2) is 10.4. The van der Waals surface area contributed by atoms with E-state index in [9.17, 15) is 18.0 Å². The molecule has 0 unspecified atom stereocenters. The minimum Gasteiger partial charge on any atom is -0.378 e. The van der Waals surface area contributed by atoms with Gasteiger partial charge in [0.15, 0.2) is 0 Å². The van der Waals surface area contributed by atoms with Gasteiger partial charge in [0, 0.05) is 29.9 Å². The summed E-state index contributed by atoms with van der Waals surface area (Å²) in [5.74, 6) is -0.245.